The second-order valence-corrected chi connectivity index (χ2v) is 4.66. The fraction of sp³-hybridized carbons (Fsp3) is 0.444. The van der Waals surface area contributed by atoms with Crippen LogP contribution in [0.1, 0.15) is 26.3 Å². The highest BCUT2D eigenvalue weighted by atomic mass is 79.9. The van der Waals surface area contributed by atoms with E-state index in [0.717, 1.165) is 10.2 Å². The largest absolute Gasteiger partial charge is 0.355 e. The van der Waals surface area contributed by atoms with Gasteiger partial charge in [0.25, 0.3) is 0 Å². The van der Waals surface area contributed by atoms with Crippen LogP contribution in [-0.2, 0) is 5.41 Å². The van der Waals surface area contributed by atoms with Crippen molar-refractivity contribution in [1.29, 1.82) is 0 Å². The van der Waals surface area contributed by atoms with Crippen molar-refractivity contribution in [1.82, 2.24) is 4.98 Å². The van der Waals surface area contributed by atoms with Gasteiger partial charge in [-0.2, -0.15) is 0 Å². The van der Waals surface area contributed by atoms with Gasteiger partial charge in [-0.05, 0) is 21.3 Å². The van der Waals surface area contributed by atoms with E-state index in [9.17, 15) is 4.79 Å². The van der Waals surface area contributed by atoms with Gasteiger partial charge in [-0.25, -0.2) is 0 Å². The highest BCUT2D eigenvalue weighted by molar-refractivity contribution is 9.10. The summed E-state index contributed by atoms with van der Waals surface area (Å²) in [6, 6.07) is 1.56. The average Bonchev–Trinajstić information content (AvgIpc) is 1.83. The summed E-state index contributed by atoms with van der Waals surface area (Å²) in [5.74, 6) is 0. The molecule has 0 spiro atoms. The molecule has 0 atom stereocenters. The summed E-state index contributed by atoms with van der Waals surface area (Å²) >= 11 is 3.21. The summed E-state index contributed by atoms with van der Waals surface area (Å²) in [5, 5.41) is 0. The topological polar surface area (TPSA) is 32.9 Å². The lowest BCUT2D eigenvalue weighted by Gasteiger charge is -2.17. The van der Waals surface area contributed by atoms with E-state index in [4.69, 9.17) is 0 Å². The molecule has 0 bridgehead atoms. The zero-order valence-corrected chi connectivity index (χ0v) is 9.03. The van der Waals surface area contributed by atoms with Crippen LogP contribution in [0.25, 0.3) is 0 Å². The third-order valence-corrected chi connectivity index (χ3v) is 2.14. The number of pyridine rings is 1. The zero-order chi connectivity index (χ0) is 9.35. The van der Waals surface area contributed by atoms with Gasteiger partial charge in [0.05, 0.1) is 4.60 Å². The molecule has 1 heterocycles. The molecule has 66 valence electrons. The van der Waals surface area contributed by atoms with Crippen LogP contribution in [0.3, 0.4) is 0 Å². The lowest BCUT2D eigenvalue weighted by atomic mass is 9.88. The molecule has 0 saturated heterocycles. The number of H-pyrrole nitrogens is 1. The minimum absolute atomic E-state index is 0.0770. The highest BCUT2D eigenvalue weighted by Crippen LogP contribution is 2.18. The Morgan fingerprint density at radius 3 is 2.42 bits per heavy atom. The van der Waals surface area contributed by atoms with E-state index in [-0.39, 0.29) is 10.8 Å². The van der Waals surface area contributed by atoms with Crippen molar-refractivity contribution in [2.75, 3.05) is 0 Å². The molecule has 0 aliphatic rings. The maximum Gasteiger partial charge on any atom is 0.186 e. The Kier molecular flexibility index (Phi) is 2.42. The van der Waals surface area contributed by atoms with Crippen LogP contribution in [0.15, 0.2) is 21.7 Å². The van der Waals surface area contributed by atoms with Gasteiger partial charge in [-0.15, -0.1) is 0 Å². The first-order valence-electron chi connectivity index (χ1n) is 3.80. The van der Waals surface area contributed by atoms with Crippen molar-refractivity contribution in [3.63, 3.8) is 0 Å². The fourth-order valence-electron chi connectivity index (χ4n) is 1.03. The molecule has 0 aromatic carbocycles. The van der Waals surface area contributed by atoms with Gasteiger partial charge in [0.1, 0.15) is 0 Å². The molecule has 1 aromatic heterocycles. The molecular weight excluding hydrogens is 218 g/mol. The zero-order valence-electron chi connectivity index (χ0n) is 7.44. The molecule has 12 heavy (non-hydrogen) atoms. The van der Waals surface area contributed by atoms with Crippen molar-refractivity contribution >= 4 is 15.9 Å². The minimum atomic E-state index is -0.0890. The molecule has 0 aliphatic heterocycles. The van der Waals surface area contributed by atoms with Crippen molar-refractivity contribution < 1.29 is 0 Å². The van der Waals surface area contributed by atoms with Crippen molar-refractivity contribution in [2.24, 2.45) is 0 Å². The molecular formula is C9H12BrNO. The third kappa shape index (κ3) is 1.97. The first-order valence-corrected chi connectivity index (χ1v) is 4.59. The maximum atomic E-state index is 11.4. The molecule has 2 nitrogen and oxygen atoms in total. The first kappa shape index (κ1) is 9.52. The Morgan fingerprint density at radius 2 is 2.00 bits per heavy atom. The molecule has 1 rings (SSSR count). The number of rotatable bonds is 0. The molecule has 0 saturated carbocycles. The Bertz CT molecular complexity index is 335. The number of hydrogen-bond acceptors (Lipinski definition) is 1. The third-order valence-electron chi connectivity index (χ3n) is 1.69. The Morgan fingerprint density at radius 1 is 1.42 bits per heavy atom. The van der Waals surface area contributed by atoms with Gasteiger partial charge in [-0.3, -0.25) is 4.79 Å². The first-order chi connectivity index (χ1) is 5.41. The summed E-state index contributed by atoms with van der Waals surface area (Å²) < 4.78 is 0.723. The molecule has 0 radical (unpaired) electrons. The number of nitrogens with one attached hydrogen (secondary N) is 1. The lowest BCUT2D eigenvalue weighted by molar-refractivity contribution is 0.582. The van der Waals surface area contributed by atoms with Crippen LogP contribution in [0, 0.1) is 0 Å². The summed E-state index contributed by atoms with van der Waals surface area (Å²) in [4.78, 5) is 14.4. The van der Waals surface area contributed by atoms with Crippen molar-refractivity contribution in [3.05, 3.63) is 32.7 Å². The highest BCUT2D eigenvalue weighted by Gasteiger charge is 2.16. The van der Waals surface area contributed by atoms with E-state index in [1.165, 1.54) is 0 Å². The molecule has 1 aromatic rings. The van der Waals surface area contributed by atoms with Crippen molar-refractivity contribution in [3.8, 4) is 0 Å². The Labute approximate surface area is 80.1 Å². The van der Waals surface area contributed by atoms with Gasteiger partial charge in [0.15, 0.2) is 5.43 Å². The summed E-state index contributed by atoms with van der Waals surface area (Å²) in [6.45, 7) is 6.06. The number of aromatic amines is 1. The van der Waals surface area contributed by atoms with Crippen LogP contribution < -0.4 is 5.43 Å². The van der Waals surface area contributed by atoms with Gasteiger partial charge in [0.2, 0.25) is 0 Å². The summed E-state index contributed by atoms with van der Waals surface area (Å²) in [6.07, 6.45) is 1.76. The maximum absolute atomic E-state index is 11.4. The molecule has 3 heteroatoms. The summed E-state index contributed by atoms with van der Waals surface area (Å²) in [5.41, 5.74) is 0.799. The minimum Gasteiger partial charge on any atom is -0.355 e. The van der Waals surface area contributed by atoms with Crippen molar-refractivity contribution in [2.45, 2.75) is 26.2 Å². The smallest absolute Gasteiger partial charge is 0.186 e. The monoisotopic (exact) mass is 229 g/mol. The number of hydrogen-bond donors (Lipinski definition) is 1. The second kappa shape index (κ2) is 3.05. The van der Waals surface area contributed by atoms with Gasteiger partial charge < -0.3 is 4.98 Å². The quantitative estimate of drug-likeness (QED) is 0.682. The van der Waals surface area contributed by atoms with E-state index in [0.29, 0.717) is 0 Å². The van der Waals surface area contributed by atoms with Gasteiger partial charge in [-0.1, -0.05) is 20.8 Å². The average molecular weight is 230 g/mol. The van der Waals surface area contributed by atoms with Crippen LogP contribution in [0.4, 0.5) is 0 Å². The van der Waals surface area contributed by atoms with E-state index in [1.807, 2.05) is 20.8 Å². The Balaban J connectivity index is 3.29. The van der Waals surface area contributed by atoms with Gasteiger partial charge in [0, 0.05) is 17.8 Å². The summed E-state index contributed by atoms with van der Waals surface area (Å²) in [7, 11) is 0. The van der Waals surface area contributed by atoms with E-state index in [1.54, 1.807) is 12.3 Å². The molecule has 0 fully saturated rings. The molecule has 0 unspecified atom stereocenters. The van der Waals surface area contributed by atoms with Gasteiger partial charge >= 0.3 is 0 Å². The lowest BCUT2D eigenvalue weighted by Crippen LogP contribution is -2.22. The van der Waals surface area contributed by atoms with Crippen LogP contribution in [-0.4, -0.2) is 4.98 Å². The molecule has 1 N–H and O–H groups in total. The molecule has 0 amide bonds. The predicted octanol–water partition coefficient (Wildman–Crippen LogP) is 2.43. The number of halogens is 1. The van der Waals surface area contributed by atoms with Crippen LogP contribution >= 0.6 is 15.9 Å². The SMILES string of the molecule is CC(C)(C)c1c[nH]c(Br)cc1=O. The predicted molar refractivity (Wildman–Crippen MR) is 53.5 cm³/mol. The van der Waals surface area contributed by atoms with E-state index >= 15 is 0 Å². The normalized spacial score (nSPS) is 11.7. The van der Waals surface area contributed by atoms with Crippen LogP contribution in [0.5, 0.6) is 0 Å². The fourth-order valence-corrected chi connectivity index (χ4v) is 1.36. The Hall–Kier alpha value is -0.570. The molecule has 0 aliphatic carbocycles. The van der Waals surface area contributed by atoms with Crippen LogP contribution in [0.2, 0.25) is 0 Å². The number of aromatic nitrogens is 1. The van der Waals surface area contributed by atoms with E-state index < -0.39 is 0 Å². The standard InChI is InChI=1S/C9H12BrNO/c1-9(2,3)6-5-11-8(10)4-7(6)12/h4-5H,1-3H3,(H,11,12). The second-order valence-electron chi connectivity index (χ2n) is 3.81. The van der Waals surface area contributed by atoms with E-state index in [2.05, 4.69) is 20.9 Å².